The van der Waals surface area contributed by atoms with Gasteiger partial charge in [-0.3, -0.25) is 0 Å². The molecule has 1 aromatic rings. The van der Waals surface area contributed by atoms with Gasteiger partial charge in [-0.15, -0.1) is 34.2 Å². The first-order chi connectivity index (χ1) is 13.3. The predicted octanol–water partition coefficient (Wildman–Crippen LogP) is 3.32. The zero-order valence-electron chi connectivity index (χ0n) is 17.3. The average molecular weight is 532 g/mol. The highest BCUT2D eigenvalue weighted by molar-refractivity contribution is 14.0. The number of hydrogen-bond donors (Lipinski definition) is 2. The van der Waals surface area contributed by atoms with Crippen molar-refractivity contribution in [3.8, 4) is 0 Å². The van der Waals surface area contributed by atoms with Gasteiger partial charge >= 0.3 is 6.18 Å². The Labute approximate surface area is 187 Å². The Balaban J connectivity index is 0.00000420. The predicted molar refractivity (Wildman–Crippen MR) is 116 cm³/mol. The van der Waals surface area contributed by atoms with Gasteiger partial charge in [0.25, 0.3) is 0 Å². The maximum Gasteiger partial charge on any atom is 0.391 e. The van der Waals surface area contributed by atoms with Crippen molar-refractivity contribution in [1.29, 1.82) is 0 Å². The summed E-state index contributed by atoms with van der Waals surface area (Å²) in [6.07, 6.45) is -1.82. The van der Waals surface area contributed by atoms with Gasteiger partial charge in [-0.1, -0.05) is 6.42 Å². The van der Waals surface area contributed by atoms with Gasteiger partial charge in [0.2, 0.25) is 0 Å². The summed E-state index contributed by atoms with van der Waals surface area (Å²) >= 11 is 0. The maximum atomic E-state index is 13.1. The Morgan fingerprint density at radius 1 is 1.31 bits per heavy atom. The Kier molecular flexibility index (Phi) is 11.2. The number of halogens is 4. The number of rotatable bonds is 8. The van der Waals surface area contributed by atoms with Gasteiger partial charge in [0, 0.05) is 32.8 Å². The summed E-state index contributed by atoms with van der Waals surface area (Å²) in [7, 11) is 1.86. The van der Waals surface area contributed by atoms with Gasteiger partial charge in [-0.2, -0.15) is 13.2 Å². The number of nitrogens with zero attached hydrogens (tertiary/aromatic N) is 4. The molecule has 0 spiro atoms. The number of hydrogen-bond acceptors (Lipinski definition) is 4. The van der Waals surface area contributed by atoms with Crippen LogP contribution in [0.15, 0.2) is 4.99 Å². The summed E-state index contributed by atoms with van der Waals surface area (Å²) in [5, 5.41) is 14.5. The van der Waals surface area contributed by atoms with Gasteiger partial charge in [-0.05, 0) is 39.5 Å². The van der Waals surface area contributed by atoms with Crippen LogP contribution in [-0.4, -0.2) is 52.7 Å². The summed E-state index contributed by atoms with van der Waals surface area (Å²) < 4.78 is 46.4. The lowest BCUT2D eigenvalue weighted by Gasteiger charge is -2.32. The SMILES string of the molecule is CCOCCCNC(=NCc1nnc(C)n1C)NC1CCCC(C(F)(F)F)C1.I. The highest BCUT2D eigenvalue weighted by Crippen LogP contribution is 2.37. The average Bonchev–Trinajstić information content (AvgIpc) is 2.97. The van der Waals surface area contributed by atoms with Gasteiger partial charge in [-0.25, -0.2) is 4.99 Å². The fourth-order valence-electron chi connectivity index (χ4n) is 3.23. The van der Waals surface area contributed by atoms with Crippen LogP contribution in [0.4, 0.5) is 13.2 Å². The lowest BCUT2D eigenvalue weighted by atomic mass is 9.85. The van der Waals surface area contributed by atoms with Crippen LogP contribution in [0.25, 0.3) is 0 Å². The van der Waals surface area contributed by atoms with Crippen molar-refractivity contribution in [3.63, 3.8) is 0 Å². The second-order valence-corrected chi connectivity index (χ2v) is 7.11. The molecule has 7 nitrogen and oxygen atoms in total. The Morgan fingerprint density at radius 3 is 2.69 bits per heavy atom. The number of guanidine groups is 1. The topological polar surface area (TPSA) is 76.4 Å². The number of nitrogens with one attached hydrogen (secondary N) is 2. The van der Waals surface area contributed by atoms with E-state index in [1.807, 2.05) is 25.5 Å². The summed E-state index contributed by atoms with van der Waals surface area (Å²) in [5.41, 5.74) is 0. The number of aliphatic imine (C=N–C) groups is 1. The van der Waals surface area contributed by atoms with E-state index in [1.165, 1.54) is 0 Å². The van der Waals surface area contributed by atoms with Crippen LogP contribution in [-0.2, 0) is 18.3 Å². The molecule has 0 aromatic carbocycles. The first kappa shape index (κ1) is 25.9. The molecular formula is C18H32F3IN6O. The molecule has 0 aliphatic heterocycles. The molecule has 1 aliphatic rings. The van der Waals surface area contributed by atoms with Crippen LogP contribution < -0.4 is 10.6 Å². The second kappa shape index (κ2) is 12.6. The minimum atomic E-state index is -4.14. The Hall–Kier alpha value is -1.11. The molecule has 1 saturated carbocycles. The van der Waals surface area contributed by atoms with E-state index in [1.54, 1.807) is 0 Å². The molecular weight excluding hydrogens is 500 g/mol. The van der Waals surface area contributed by atoms with Crippen molar-refractivity contribution in [3.05, 3.63) is 11.6 Å². The Morgan fingerprint density at radius 2 is 2.07 bits per heavy atom. The minimum absolute atomic E-state index is 0. The van der Waals surface area contributed by atoms with Crippen molar-refractivity contribution in [2.75, 3.05) is 19.8 Å². The molecule has 2 atom stereocenters. The number of alkyl halides is 3. The van der Waals surface area contributed by atoms with E-state index < -0.39 is 12.1 Å². The summed E-state index contributed by atoms with van der Waals surface area (Å²) in [6, 6.07) is -0.250. The van der Waals surface area contributed by atoms with Crippen LogP contribution in [0.2, 0.25) is 0 Å². The van der Waals surface area contributed by atoms with E-state index in [9.17, 15) is 13.2 Å². The molecule has 2 rings (SSSR count). The lowest BCUT2D eigenvalue weighted by molar-refractivity contribution is -0.183. The molecule has 1 fully saturated rings. The molecule has 1 aliphatic carbocycles. The van der Waals surface area contributed by atoms with Crippen LogP contribution in [0.1, 0.15) is 50.7 Å². The van der Waals surface area contributed by atoms with E-state index in [2.05, 4.69) is 25.8 Å². The number of aromatic nitrogens is 3. The van der Waals surface area contributed by atoms with E-state index in [0.29, 0.717) is 50.9 Å². The van der Waals surface area contributed by atoms with Crippen molar-refractivity contribution in [2.45, 2.75) is 64.7 Å². The standard InChI is InChI=1S/C18H31F3N6O.HI/c1-4-28-10-6-9-22-17(23-12-16-26-25-13(2)27(16)3)24-15-8-5-7-14(11-15)18(19,20)21;/h14-15H,4-12H2,1-3H3,(H2,22,23,24);1H. The third-order valence-corrected chi connectivity index (χ3v) is 5.00. The molecule has 2 N–H and O–H groups in total. The highest BCUT2D eigenvalue weighted by Gasteiger charge is 2.42. The molecule has 0 amide bonds. The van der Waals surface area contributed by atoms with Gasteiger partial charge < -0.3 is 19.9 Å². The minimum Gasteiger partial charge on any atom is -0.382 e. The van der Waals surface area contributed by atoms with Crippen molar-refractivity contribution >= 4 is 29.9 Å². The van der Waals surface area contributed by atoms with Gasteiger partial charge in [0.1, 0.15) is 12.4 Å². The van der Waals surface area contributed by atoms with Crippen LogP contribution in [0.3, 0.4) is 0 Å². The largest absolute Gasteiger partial charge is 0.391 e. The smallest absolute Gasteiger partial charge is 0.382 e. The van der Waals surface area contributed by atoms with E-state index in [0.717, 1.165) is 12.2 Å². The molecule has 1 aromatic heterocycles. The fourth-order valence-corrected chi connectivity index (χ4v) is 3.23. The molecule has 168 valence electrons. The molecule has 1 heterocycles. The van der Waals surface area contributed by atoms with Crippen molar-refractivity contribution < 1.29 is 17.9 Å². The quantitative estimate of drug-likeness (QED) is 0.233. The number of aryl methyl sites for hydroxylation is 1. The first-order valence-corrected chi connectivity index (χ1v) is 9.85. The van der Waals surface area contributed by atoms with E-state index in [-0.39, 0.29) is 42.9 Å². The monoisotopic (exact) mass is 532 g/mol. The first-order valence-electron chi connectivity index (χ1n) is 9.85. The van der Waals surface area contributed by atoms with Gasteiger partial charge in [0.15, 0.2) is 11.8 Å². The molecule has 0 bridgehead atoms. The van der Waals surface area contributed by atoms with Crippen LogP contribution in [0.5, 0.6) is 0 Å². The second-order valence-electron chi connectivity index (χ2n) is 7.11. The summed E-state index contributed by atoms with van der Waals surface area (Å²) in [5.74, 6) is 0.735. The van der Waals surface area contributed by atoms with Crippen LogP contribution in [0, 0.1) is 12.8 Å². The third kappa shape index (κ3) is 8.65. The molecule has 29 heavy (non-hydrogen) atoms. The maximum absolute atomic E-state index is 13.1. The zero-order valence-corrected chi connectivity index (χ0v) is 19.6. The molecule has 2 unspecified atom stereocenters. The normalized spacial score (nSPS) is 20.3. The van der Waals surface area contributed by atoms with Crippen molar-refractivity contribution in [1.82, 2.24) is 25.4 Å². The summed E-state index contributed by atoms with van der Waals surface area (Å²) in [4.78, 5) is 4.52. The summed E-state index contributed by atoms with van der Waals surface area (Å²) in [6.45, 7) is 5.99. The molecule has 0 saturated heterocycles. The van der Waals surface area contributed by atoms with E-state index >= 15 is 0 Å². The lowest BCUT2D eigenvalue weighted by Crippen LogP contribution is -2.47. The molecule has 11 heteroatoms. The molecule has 0 radical (unpaired) electrons. The number of ether oxygens (including phenoxy) is 1. The zero-order chi connectivity index (χ0) is 20.6. The fraction of sp³-hybridized carbons (Fsp3) is 0.833. The third-order valence-electron chi connectivity index (χ3n) is 5.00. The Bertz CT molecular complexity index is 638. The van der Waals surface area contributed by atoms with Crippen LogP contribution >= 0.6 is 24.0 Å². The van der Waals surface area contributed by atoms with Crippen molar-refractivity contribution in [2.24, 2.45) is 18.0 Å². The van der Waals surface area contributed by atoms with Gasteiger partial charge in [0.05, 0.1) is 5.92 Å². The highest BCUT2D eigenvalue weighted by atomic mass is 127. The van der Waals surface area contributed by atoms with E-state index in [4.69, 9.17) is 4.74 Å².